The van der Waals surface area contributed by atoms with Gasteiger partial charge in [-0.05, 0) is 19.4 Å². The zero-order chi connectivity index (χ0) is 11.5. The Balaban J connectivity index is 2.22. The minimum absolute atomic E-state index is 0.0226. The van der Waals surface area contributed by atoms with Crippen LogP contribution in [0.15, 0.2) is 12.3 Å². The Morgan fingerprint density at radius 2 is 2.50 bits per heavy atom. The number of Topliss-reactive ketones (excluding diaryl/α,β-unsaturated/α-hetero) is 1. The van der Waals surface area contributed by atoms with Crippen molar-refractivity contribution in [3.8, 4) is 0 Å². The molecule has 2 heterocycles. The summed E-state index contributed by atoms with van der Waals surface area (Å²) in [6, 6.07) is 1.92. The number of ketones is 1. The molecule has 1 aliphatic rings. The third-order valence-electron chi connectivity index (χ3n) is 2.54. The van der Waals surface area contributed by atoms with E-state index in [4.69, 9.17) is 16.3 Å². The molecule has 0 aromatic carbocycles. The van der Waals surface area contributed by atoms with Gasteiger partial charge in [-0.15, -0.1) is 0 Å². The summed E-state index contributed by atoms with van der Waals surface area (Å²) in [6.45, 7) is 2.93. The van der Waals surface area contributed by atoms with E-state index in [9.17, 15) is 4.79 Å². The number of hydrogen-bond donors (Lipinski definition) is 1. The summed E-state index contributed by atoms with van der Waals surface area (Å²) < 4.78 is 5.26. The Hall–Kier alpha value is -1.13. The zero-order valence-electron chi connectivity index (χ0n) is 9.00. The van der Waals surface area contributed by atoms with Crippen LogP contribution in [-0.2, 0) is 4.74 Å². The zero-order valence-corrected chi connectivity index (χ0v) is 9.75. The summed E-state index contributed by atoms with van der Waals surface area (Å²) >= 11 is 5.81. The Labute approximate surface area is 99.0 Å². The van der Waals surface area contributed by atoms with Crippen LogP contribution < -0.4 is 5.32 Å². The topological polar surface area (TPSA) is 51.2 Å². The third-order valence-corrected chi connectivity index (χ3v) is 2.75. The monoisotopic (exact) mass is 240 g/mol. The van der Waals surface area contributed by atoms with Crippen LogP contribution in [0.1, 0.15) is 23.7 Å². The third kappa shape index (κ3) is 2.51. The molecular formula is C11H13ClN2O2. The van der Waals surface area contributed by atoms with Gasteiger partial charge in [0, 0.05) is 18.5 Å². The van der Waals surface area contributed by atoms with E-state index in [0.717, 1.165) is 18.7 Å². The molecule has 1 atom stereocenters. The van der Waals surface area contributed by atoms with Crippen LogP contribution in [0.25, 0.3) is 0 Å². The second-order valence-electron chi connectivity index (χ2n) is 3.81. The number of pyridine rings is 1. The Morgan fingerprint density at radius 3 is 3.12 bits per heavy atom. The van der Waals surface area contributed by atoms with Gasteiger partial charge < -0.3 is 10.1 Å². The van der Waals surface area contributed by atoms with Crippen molar-refractivity contribution in [2.24, 2.45) is 0 Å². The average molecular weight is 241 g/mol. The lowest BCUT2D eigenvalue weighted by atomic mass is 10.1. The maximum atomic E-state index is 11.4. The van der Waals surface area contributed by atoms with Crippen molar-refractivity contribution in [1.29, 1.82) is 0 Å². The number of carbonyl (C=O) groups excluding carboxylic acids is 1. The van der Waals surface area contributed by atoms with Crippen LogP contribution in [0.3, 0.4) is 0 Å². The van der Waals surface area contributed by atoms with Gasteiger partial charge in [0.2, 0.25) is 0 Å². The van der Waals surface area contributed by atoms with Gasteiger partial charge in [0.1, 0.15) is 5.15 Å². The van der Waals surface area contributed by atoms with Crippen LogP contribution in [-0.4, -0.2) is 30.0 Å². The molecule has 0 radical (unpaired) electrons. The molecule has 1 saturated heterocycles. The van der Waals surface area contributed by atoms with Crippen LogP contribution in [0.4, 0.5) is 5.69 Å². The number of halogens is 1. The highest BCUT2D eigenvalue weighted by atomic mass is 35.5. The first-order valence-electron chi connectivity index (χ1n) is 5.17. The number of anilines is 1. The molecule has 4 nitrogen and oxygen atoms in total. The molecule has 16 heavy (non-hydrogen) atoms. The molecule has 1 aromatic rings. The molecule has 0 amide bonds. The predicted molar refractivity (Wildman–Crippen MR) is 62.1 cm³/mol. The largest absolute Gasteiger partial charge is 0.379 e. The van der Waals surface area contributed by atoms with Crippen molar-refractivity contribution in [3.63, 3.8) is 0 Å². The number of carbonyl (C=O) groups is 1. The lowest BCUT2D eigenvalue weighted by molar-refractivity contribution is 0.101. The fraction of sp³-hybridized carbons (Fsp3) is 0.455. The Morgan fingerprint density at radius 1 is 1.69 bits per heavy atom. The van der Waals surface area contributed by atoms with Gasteiger partial charge in [0.05, 0.1) is 18.2 Å². The smallest absolute Gasteiger partial charge is 0.163 e. The average Bonchev–Trinajstić information content (AvgIpc) is 2.70. The normalized spacial score (nSPS) is 19.8. The van der Waals surface area contributed by atoms with E-state index in [1.807, 2.05) is 0 Å². The maximum absolute atomic E-state index is 11.4. The Kier molecular flexibility index (Phi) is 3.41. The summed E-state index contributed by atoms with van der Waals surface area (Å²) in [5.41, 5.74) is 1.30. The second-order valence-corrected chi connectivity index (χ2v) is 4.20. The first-order chi connectivity index (χ1) is 7.66. The van der Waals surface area contributed by atoms with Crippen LogP contribution >= 0.6 is 11.6 Å². The SMILES string of the molecule is CC(=O)c1cnc(Cl)cc1NC1CCOC1. The van der Waals surface area contributed by atoms with Gasteiger partial charge in [-0.3, -0.25) is 4.79 Å². The van der Waals surface area contributed by atoms with Gasteiger partial charge in [0.15, 0.2) is 5.78 Å². The molecular weight excluding hydrogens is 228 g/mol. The highest BCUT2D eigenvalue weighted by Gasteiger charge is 2.18. The number of aromatic nitrogens is 1. The lowest BCUT2D eigenvalue weighted by Gasteiger charge is -2.14. The highest BCUT2D eigenvalue weighted by Crippen LogP contribution is 2.21. The predicted octanol–water partition coefficient (Wildman–Crippen LogP) is 2.14. The van der Waals surface area contributed by atoms with Crippen molar-refractivity contribution in [3.05, 3.63) is 23.0 Å². The molecule has 2 rings (SSSR count). The first-order valence-corrected chi connectivity index (χ1v) is 5.55. The van der Waals surface area contributed by atoms with Gasteiger partial charge in [-0.25, -0.2) is 4.98 Å². The number of rotatable bonds is 3. The molecule has 86 valence electrons. The molecule has 1 aliphatic heterocycles. The van der Waals surface area contributed by atoms with Crippen molar-refractivity contribution >= 4 is 23.1 Å². The molecule has 0 aliphatic carbocycles. The molecule has 1 N–H and O–H groups in total. The van der Waals surface area contributed by atoms with E-state index in [-0.39, 0.29) is 11.8 Å². The molecule has 0 saturated carbocycles. The number of ether oxygens (including phenoxy) is 1. The Bertz CT molecular complexity index is 403. The summed E-state index contributed by atoms with van der Waals surface area (Å²) in [7, 11) is 0. The molecule has 1 fully saturated rings. The van der Waals surface area contributed by atoms with Crippen molar-refractivity contribution < 1.29 is 9.53 Å². The molecule has 1 aromatic heterocycles. The van der Waals surface area contributed by atoms with Crippen LogP contribution in [0, 0.1) is 0 Å². The lowest BCUT2D eigenvalue weighted by Crippen LogP contribution is -2.20. The summed E-state index contributed by atoms with van der Waals surface area (Å²) in [5.74, 6) is -0.0226. The second kappa shape index (κ2) is 4.80. The van der Waals surface area contributed by atoms with Crippen molar-refractivity contribution in [2.75, 3.05) is 18.5 Å². The van der Waals surface area contributed by atoms with Gasteiger partial charge in [0.25, 0.3) is 0 Å². The van der Waals surface area contributed by atoms with Gasteiger partial charge in [-0.1, -0.05) is 11.6 Å². The molecule has 0 bridgehead atoms. The fourth-order valence-corrected chi connectivity index (χ4v) is 1.86. The van der Waals surface area contributed by atoms with Crippen LogP contribution in [0.5, 0.6) is 0 Å². The van der Waals surface area contributed by atoms with E-state index < -0.39 is 0 Å². The summed E-state index contributed by atoms with van der Waals surface area (Å²) in [4.78, 5) is 15.3. The van der Waals surface area contributed by atoms with Crippen LogP contribution in [0.2, 0.25) is 5.15 Å². The van der Waals surface area contributed by atoms with Gasteiger partial charge in [-0.2, -0.15) is 0 Å². The van der Waals surface area contributed by atoms with E-state index in [0.29, 0.717) is 17.3 Å². The molecule has 5 heteroatoms. The minimum Gasteiger partial charge on any atom is -0.379 e. The summed E-state index contributed by atoms with van der Waals surface area (Å²) in [6.07, 6.45) is 2.44. The van der Waals surface area contributed by atoms with Crippen molar-refractivity contribution in [1.82, 2.24) is 4.98 Å². The minimum atomic E-state index is -0.0226. The number of nitrogens with one attached hydrogen (secondary N) is 1. The van der Waals surface area contributed by atoms with Crippen molar-refractivity contribution in [2.45, 2.75) is 19.4 Å². The van der Waals surface area contributed by atoms with Gasteiger partial charge >= 0.3 is 0 Å². The van der Waals surface area contributed by atoms with E-state index in [2.05, 4.69) is 10.3 Å². The molecule has 0 spiro atoms. The number of nitrogens with zero attached hydrogens (tertiary/aromatic N) is 1. The molecule has 1 unspecified atom stereocenters. The maximum Gasteiger partial charge on any atom is 0.163 e. The van der Waals surface area contributed by atoms with E-state index in [1.165, 1.54) is 13.1 Å². The standard InChI is InChI=1S/C11H13ClN2O2/c1-7(15)9-5-13-11(12)4-10(9)14-8-2-3-16-6-8/h4-5,8H,2-3,6H2,1H3,(H,13,14). The highest BCUT2D eigenvalue weighted by molar-refractivity contribution is 6.29. The quantitative estimate of drug-likeness (QED) is 0.650. The van der Waals surface area contributed by atoms with E-state index >= 15 is 0 Å². The number of hydrogen-bond acceptors (Lipinski definition) is 4. The fourth-order valence-electron chi connectivity index (χ4n) is 1.70. The van der Waals surface area contributed by atoms with E-state index in [1.54, 1.807) is 6.07 Å². The first kappa shape index (κ1) is 11.4. The summed E-state index contributed by atoms with van der Waals surface area (Å²) in [5, 5.41) is 3.64.